The van der Waals surface area contributed by atoms with E-state index in [2.05, 4.69) is 0 Å². The van der Waals surface area contributed by atoms with E-state index in [4.69, 9.17) is 14.6 Å². The molecular weight excluding hydrogens is 204 g/mol. The largest absolute Gasteiger partial charge is 0.392 e. The zero-order valence-corrected chi connectivity index (χ0v) is 9.77. The SMILES string of the molecule is CC1(C)OCC(Cc2ccc(CO)cc2)O1. The van der Waals surface area contributed by atoms with E-state index in [1.807, 2.05) is 38.1 Å². The van der Waals surface area contributed by atoms with Gasteiger partial charge in [0.2, 0.25) is 0 Å². The van der Waals surface area contributed by atoms with Crippen molar-refractivity contribution in [2.45, 2.75) is 38.8 Å². The van der Waals surface area contributed by atoms with Crippen LogP contribution in [0.15, 0.2) is 24.3 Å². The van der Waals surface area contributed by atoms with Crippen molar-refractivity contribution in [3.05, 3.63) is 35.4 Å². The molecule has 0 bridgehead atoms. The third-order valence-corrected chi connectivity index (χ3v) is 2.74. The van der Waals surface area contributed by atoms with Crippen LogP contribution < -0.4 is 0 Å². The molecule has 1 aromatic rings. The van der Waals surface area contributed by atoms with Gasteiger partial charge in [-0.1, -0.05) is 24.3 Å². The predicted octanol–water partition coefficient (Wildman–Crippen LogP) is 1.87. The first-order chi connectivity index (χ1) is 7.59. The van der Waals surface area contributed by atoms with Gasteiger partial charge in [-0.05, 0) is 25.0 Å². The maximum atomic E-state index is 8.94. The normalized spacial score (nSPS) is 23.6. The Morgan fingerprint density at radius 2 is 1.88 bits per heavy atom. The summed E-state index contributed by atoms with van der Waals surface area (Å²) in [5, 5.41) is 8.94. The Bertz CT molecular complexity index is 343. The van der Waals surface area contributed by atoms with Crippen LogP contribution in [0, 0.1) is 0 Å². The van der Waals surface area contributed by atoms with Crippen LogP contribution in [-0.4, -0.2) is 23.6 Å². The quantitative estimate of drug-likeness (QED) is 0.848. The number of hydrogen-bond acceptors (Lipinski definition) is 3. The maximum absolute atomic E-state index is 8.94. The van der Waals surface area contributed by atoms with E-state index >= 15 is 0 Å². The van der Waals surface area contributed by atoms with E-state index in [1.54, 1.807) is 0 Å². The molecular formula is C13H18O3. The summed E-state index contributed by atoms with van der Waals surface area (Å²) in [6.45, 7) is 4.61. The molecule has 0 amide bonds. The van der Waals surface area contributed by atoms with Gasteiger partial charge in [0.05, 0.1) is 19.3 Å². The number of aliphatic hydroxyl groups is 1. The van der Waals surface area contributed by atoms with Gasteiger partial charge in [0, 0.05) is 6.42 Å². The zero-order chi connectivity index (χ0) is 11.6. The average molecular weight is 222 g/mol. The Morgan fingerprint density at radius 3 is 2.38 bits per heavy atom. The highest BCUT2D eigenvalue weighted by Gasteiger charge is 2.32. The topological polar surface area (TPSA) is 38.7 Å². The van der Waals surface area contributed by atoms with Crippen LogP contribution >= 0.6 is 0 Å². The smallest absolute Gasteiger partial charge is 0.163 e. The predicted molar refractivity (Wildman–Crippen MR) is 61.0 cm³/mol. The fourth-order valence-corrected chi connectivity index (χ4v) is 1.91. The average Bonchev–Trinajstić information content (AvgIpc) is 2.59. The molecule has 1 aliphatic heterocycles. The van der Waals surface area contributed by atoms with Crippen molar-refractivity contribution in [2.24, 2.45) is 0 Å². The van der Waals surface area contributed by atoms with Gasteiger partial charge in [0.15, 0.2) is 5.79 Å². The lowest BCUT2D eigenvalue weighted by atomic mass is 10.1. The van der Waals surface area contributed by atoms with E-state index in [0.29, 0.717) is 6.61 Å². The van der Waals surface area contributed by atoms with Crippen LogP contribution in [0.3, 0.4) is 0 Å². The molecule has 0 radical (unpaired) electrons. The third kappa shape index (κ3) is 2.82. The second-order valence-corrected chi connectivity index (χ2v) is 4.63. The minimum absolute atomic E-state index is 0.0936. The van der Waals surface area contributed by atoms with Crippen LogP contribution in [0.25, 0.3) is 0 Å². The van der Waals surface area contributed by atoms with Crippen LogP contribution in [-0.2, 0) is 22.5 Å². The lowest BCUT2D eigenvalue weighted by molar-refractivity contribution is -0.138. The van der Waals surface area contributed by atoms with Crippen molar-refractivity contribution in [1.82, 2.24) is 0 Å². The van der Waals surface area contributed by atoms with Gasteiger partial charge < -0.3 is 14.6 Å². The van der Waals surface area contributed by atoms with Gasteiger partial charge in [-0.3, -0.25) is 0 Å². The van der Waals surface area contributed by atoms with Crippen molar-refractivity contribution < 1.29 is 14.6 Å². The lowest BCUT2D eigenvalue weighted by Gasteiger charge is -2.17. The minimum atomic E-state index is -0.449. The fourth-order valence-electron chi connectivity index (χ4n) is 1.91. The Morgan fingerprint density at radius 1 is 1.25 bits per heavy atom. The molecule has 3 heteroatoms. The van der Waals surface area contributed by atoms with Crippen LogP contribution in [0.5, 0.6) is 0 Å². The van der Waals surface area contributed by atoms with E-state index < -0.39 is 5.79 Å². The highest BCUT2D eigenvalue weighted by molar-refractivity contribution is 5.22. The summed E-state index contributed by atoms with van der Waals surface area (Å²) in [6, 6.07) is 7.94. The standard InChI is InChI=1S/C13H18O3/c1-13(2)15-9-12(16-13)7-10-3-5-11(8-14)6-4-10/h3-6,12,14H,7-9H2,1-2H3. The summed E-state index contributed by atoms with van der Waals surface area (Å²) < 4.78 is 11.2. The maximum Gasteiger partial charge on any atom is 0.163 e. The van der Waals surface area contributed by atoms with E-state index in [0.717, 1.165) is 12.0 Å². The van der Waals surface area contributed by atoms with Gasteiger partial charge in [0.25, 0.3) is 0 Å². The molecule has 1 aromatic carbocycles. The first-order valence-corrected chi connectivity index (χ1v) is 5.59. The summed E-state index contributed by atoms with van der Waals surface area (Å²) in [6.07, 6.45) is 0.991. The van der Waals surface area contributed by atoms with Crippen LogP contribution in [0.1, 0.15) is 25.0 Å². The molecule has 1 heterocycles. The number of rotatable bonds is 3. The second kappa shape index (κ2) is 4.53. The molecule has 16 heavy (non-hydrogen) atoms. The molecule has 1 saturated heterocycles. The van der Waals surface area contributed by atoms with Crippen molar-refractivity contribution in [3.8, 4) is 0 Å². The van der Waals surface area contributed by atoms with Crippen molar-refractivity contribution in [2.75, 3.05) is 6.61 Å². The van der Waals surface area contributed by atoms with Gasteiger partial charge in [0.1, 0.15) is 0 Å². The molecule has 0 aromatic heterocycles. The number of benzene rings is 1. The van der Waals surface area contributed by atoms with Crippen LogP contribution in [0.4, 0.5) is 0 Å². The highest BCUT2D eigenvalue weighted by atomic mass is 16.7. The summed E-state index contributed by atoms with van der Waals surface area (Å²) in [4.78, 5) is 0. The molecule has 0 saturated carbocycles. The zero-order valence-electron chi connectivity index (χ0n) is 9.77. The monoisotopic (exact) mass is 222 g/mol. The molecule has 1 atom stereocenters. The molecule has 88 valence electrons. The molecule has 0 spiro atoms. The van der Waals surface area contributed by atoms with Crippen molar-refractivity contribution >= 4 is 0 Å². The van der Waals surface area contributed by atoms with Crippen molar-refractivity contribution in [3.63, 3.8) is 0 Å². The third-order valence-electron chi connectivity index (χ3n) is 2.74. The summed E-state index contributed by atoms with van der Waals surface area (Å²) in [5.74, 6) is -0.449. The van der Waals surface area contributed by atoms with Gasteiger partial charge in [-0.25, -0.2) is 0 Å². The summed E-state index contributed by atoms with van der Waals surface area (Å²) >= 11 is 0. The molecule has 3 nitrogen and oxygen atoms in total. The van der Waals surface area contributed by atoms with Gasteiger partial charge in [-0.2, -0.15) is 0 Å². The summed E-state index contributed by atoms with van der Waals surface area (Å²) in [5.41, 5.74) is 2.15. The Hall–Kier alpha value is -0.900. The van der Waals surface area contributed by atoms with E-state index in [-0.39, 0.29) is 12.7 Å². The minimum Gasteiger partial charge on any atom is -0.392 e. The molecule has 1 N–H and O–H groups in total. The molecule has 1 aliphatic rings. The Balaban J connectivity index is 1.94. The summed E-state index contributed by atoms with van der Waals surface area (Å²) in [7, 11) is 0. The number of hydrogen-bond donors (Lipinski definition) is 1. The molecule has 1 fully saturated rings. The number of ether oxygens (including phenoxy) is 2. The number of aliphatic hydroxyl groups excluding tert-OH is 1. The van der Waals surface area contributed by atoms with E-state index in [9.17, 15) is 0 Å². The first-order valence-electron chi connectivity index (χ1n) is 5.59. The van der Waals surface area contributed by atoms with E-state index in [1.165, 1.54) is 5.56 Å². The molecule has 1 unspecified atom stereocenters. The lowest BCUT2D eigenvalue weighted by Crippen LogP contribution is -2.22. The second-order valence-electron chi connectivity index (χ2n) is 4.63. The highest BCUT2D eigenvalue weighted by Crippen LogP contribution is 2.24. The van der Waals surface area contributed by atoms with Crippen molar-refractivity contribution in [1.29, 1.82) is 0 Å². The Kier molecular flexibility index (Phi) is 3.28. The first kappa shape index (κ1) is 11.6. The molecule has 2 rings (SSSR count). The van der Waals surface area contributed by atoms with Gasteiger partial charge >= 0.3 is 0 Å². The van der Waals surface area contributed by atoms with Gasteiger partial charge in [-0.15, -0.1) is 0 Å². The Labute approximate surface area is 96.0 Å². The molecule has 0 aliphatic carbocycles. The van der Waals surface area contributed by atoms with Crippen LogP contribution in [0.2, 0.25) is 0 Å². The fraction of sp³-hybridized carbons (Fsp3) is 0.538.